The molecular formula is C66H87LiN4O5Zn. The van der Waals surface area contributed by atoms with E-state index >= 15 is 0 Å². The minimum absolute atomic E-state index is 0. The van der Waals surface area contributed by atoms with Gasteiger partial charge in [0.25, 0.3) is 0 Å². The maximum Gasteiger partial charge on any atom is 2.00 e. The number of ether oxygens (including phenoxy) is 5. The number of benzene rings is 3. The molecule has 11 heteroatoms. The minimum atomic E-state index is -0.653. The molecule has 0 saturated carbocycles. The van der Waals surface area contributed by atoms with Crippen LogP contribution in [0.4, 0.5) is 0 Å². The van der Waals surface area contributed by atoms with Crippen molar-refractivity contribution in [2.24, 2.45) is 0 Å². The van der Waals surface area contributed by atoms with Crippen LogP contribution in [0.2, 0.25) is 0 Å². The number of aromatic nitrogens is 4. The van der Waals surface area contributed by atoms with Gasteiger partial charge < -0.3 is 38.6 Å². The van der Waals surface area contributed by atoms with Gasteiger partial charge in [-0.2, -0.15) is 0 Å². The summed E-state index contributed by atoms with van der Waals surface area (Å²) in [6.07, 6.45) is 16.3. The molecule has 0 unspecified atom stereocenters. The van der Waals surface area contributed by atoms with Crippen molar-refractivity contribution in [3.05, 3.63) is 171 Å². The monoisotopic (exact) mass is 1090 g/mol. The van der Waals surface area contributed by atoms with Gasteiger partial charge in [0.1, 0.15) is 0 Å². The van der Waals surface area contributed by atoms with Crippen LogP contribution in [0, 0.1) is 62.3 Å². The zero-order valence-electron chi connectivity index (χ0n) is 49.0. The third kappa shape index (κ3) is 20.1. The van der Waals surface area contributed by atoms with Crippen molar-refractivity contribution >= 4 is 0 Å². The SMILES string of the molecule is C1CCOC1.C1CCOC1.C1CCOC1.C1CCOC1.C1CCOC1.Cc1cc(C)c(-c2ccc(C(C)(c3ccc(-c4c(C)cc(C)cc4C)[n-]3)c3ccc(-c4c(C)cc(C)cc4C)[n-]3)[n-]2)c(C)c1.[Li+].[Zn+2].c1ccncc1. The van der Waals surface area contributed by atoms with Gasteiger partial charge in [0.2, 0.25) is 0 Å². The van der Waals surface area contributed by atoms with Crippen molar-refractivity contribution in [1.29, 1.82) is 0 Å². The summed E-state index contributed by atoms with van der Waals surface area (Å²) in [5.74, 6) is 0. The van der Waals surface area contributed by atoms with E-state index in [-0.39, 0.29) is 38.3 Å². The van der Waals surface area contributed by atoms with Crippen LogP contribution in [0.15, 0.2) is 103 Å². The average Bonchev–Trinajstić information content (AvgIpc) is 4.23. The van der Waals surface area contributed by atoms with E-state index in [0.717, 1.165) is 100 Å². The van der Waals surface area contributed by atoms with E-state index in [2.05, 4.69) is 147 Å². The molecule has 77 heavy (non-hydrogen) atoms. The Hall–Kier alpha value is -4.33. The molecule has 404 valence electrons. The van der Waals surface area contributed by atoms with Gasteiger partial charge in [0, 0.05) is 78.5 Å². The van der Waals surface area contributed by atoms with Crippen LogP contribution in [0.1, 0.15) is 138 Å². The zero-order chi connectivity index (χ0) is 53.4. The molecule has 9 heterocycles. The molecule has 0 atom stereocenters. The van der Waals surface area contributed by atoms with Gasteiger partial charge in [0.15, 0.2) is 0 Å². The van der Waals surface area contributed by atoms with Crippen LogP contribution in [-0.2, 0) is 48.6 Å². The van der Waals surface area contributed by atoms with E-state index in [9.17, 15) is 0 Å². The molecule has 0 spiro atoms. The minimum Gasteiger partial charge on any atom is -0.660 e. The molecule has 9 nitrogen and oxygen atoms in total. The normalized spacial score (nSPS) is 15.2. The fourth-order valence-electron chi connectivity index (χ4n) is 10.3. The Kier molecular flexibility index (Phi) is 29.3. The van der Waals surface area contributed by atoms with Crippen molar-refractivity contribution in [3.63, 3.8) is 0 Å². The average molecular weight is 1090 g/mol. The zero-order valence-corrected chi connectivity index (χ0v) is 52.0. The van der Waals surface area contributed by atoms with Crippen molar-refractivity contribution in [2.75, 3.05) is 66.1 Å². The van der Waals surface area contributed by atoms with Gasteiger partial charge in [-0.25, -0.2) is 0 Å². The number of nitrogens with zero attached hydrogens (tertiary/aromatic N) is 4. The Morgan fingerprint density at radius 2 is 0.571 bits per heavy atom. The molecule has 4 aromatic heterocycles. The van der Waals surface area contributed by atoms with Gasteiger partial charge in [-0.3, -0.25) is 4.98 Å². The first kappa shape index (κ1) is 65.2. The van der Waals surface area contributed by atoms with E-state index in [1.807, 2.05) is 18.2 Å². The Bertz CT molecular complexity index is 2320. The van der Waals surface area contributed by atoms with Crippen molar-refractivity contribution in [1.82, 2.24) is 19.9 Å². The molecule has 3 aromatic carbocycles. The molecular weight excluding hydrogens is 1000 g/mol. The molecule has 5 aliphatic rings. The summed E-state index contributed by atoms with van der Waals surface area (Å²) < 4.78 is 24.7. The van der Waals surface area contributed by atoms with Crippen LogP contribution in [0.25, 0.3) is 33.8 Å². The number of hydrogen-bond acceptors (Lipinski definition) is 6. The van der Waals surface area contributed by atoms with Crippen molar-refractivity contribution < 1.29 is 62.0 Å². The van der Waals surface area contributed by atoms with E-state index < -0.39 is 5.41 Å². The molecule has 12 rings (SSSR count). The smallest absolute Gasteiger partial charge is 0.660 e. The molecule has 0 amide bonds. The van der Waals surface area contributed by atoms with Crippen molar-refractivity contribution in [2.45, 2.75) is 139 Å². The van der Waals surface area contributed by atoms with Gasteiger partial charge in [-0.1, -0.05) is 102 Å². The molecule has 0 N–H and O–H groups in total. The molecule has 5 fully saturated rings. The van der Waals surface area contributed by atoms with Gasteiger partial charge in [0.05, 0.1) is 0 Å². The molecule has 0 aliphatic carbocycles. The summed E-state index contributed by atoms with van der Waals surface area (Å²) >= 11 is 0. The summed E-state index contributed by atoms with van der Waals surface area (Å²) in [6, 6.07) is 32.1. The summed E-state index contributed by atoms with van der Waals surface area (Å²) in [5.41, 5.74) is 20.1. The van der Waals surface area contributed by atoms with Crippen LogP contribution >= 0.6 is 0 Å². The summed E-state index contributed by atoms with van der Waals surface area (Å²) in [5, 5.41) is 0. The van der Waals surface area contributed by atoms with E-state index in [1.54, 1.807) is 12.4 Å². The molecule has 5 saturated heterocycles. The first-order valence-corrected chi connectivity index (χ1v) is 27.8. The Morgan fingerprint density at radius 3 is 0.727 bits per heavy atom. The standard InChI is InChI=1S/C41H42N3.C5H5N.5C4H8O.Li.Zn/c1-23-17-26(4)38(27(5)18-23)32-11-14-35(42-32)41(10,36-15-12-33(43-36)39-28(6)19-24(2)20-29(39)7)37-16-13-34(44-37)40-30(8)21-25(3)22-31(40)9;1-2-4-6-5-3-1;5*1-2-4-5-3-1;;/h11-22H,1-10H3;1-5H;5*1-4H2;;/q-3;;;;;;;+1;+2. The van der Waals surface area contributed by atoms with E-state index in [1.165, 1.54) is 131 Å². The molecule has 0 bridgehead atoms. The predicted molar refractivity (Wildman–Crippen MR) is 308 cm³/mol. The quantitative estimate of drug-likeness (QED) is 0.151. The maximum atomic E-state index is 5.33. The molecule has 5 aliphatic heterocycles. The first-order valence-electron chi connectivity index (χ1n) is 27.8. The second kappa shape index (κ2) is 34.6. The van der Waals surface area contributed by atoms with E-state index in [0.29, 0.717) is 0 Å². The van der Waals surface area contributed by atoms with Gasteiger partial charge >= 0.3 is 38.3 Å². The number of hydrogen-bond donors (Lipinski definition) is 0. The Morgan fingerprint density at radius 1 is 0.351 bits per heavy atom. The van der Waals surface area contributed by atoms with Crippen LogP contribution in [0.5, 0.6) is 0 Å². The molecule has 7 aromatic rings. The number of pyridine rings is 1. The van der Waals surface area contributed by atoms with Gasteiger partial charge in [-0.05, 0) is 194 Å². The second-order valence-electron chi connectivity index (χ2n) is 20.7. The Labute approximate surface area is 488 Å². The van der Waals surface area contributed by atoms with Crippen LogP contribution in [0.3, 0.4) is 0 Å². The third-order valence-corrected chi connectivity index (χ3v) is 14.0. The fourth-order valence-corrected chi connectivity index (χ4v) is 10.3. The molecule has 0 radical (unpaired) electrons. The predicted octanol–water partition coefficient (Wildman–Crippen LogP) is 11.8. The summed E-state index contributed by atoms with van der Waals surface area (Å²) in [7, 11) is 0. The maximum absolute atomic E-state index is 5.33. The fraction of sp³-hybridized carbons (Fsp3) is 0.470. The van der Waals surface area contributed by atoms with Crippen LogP contribution in [-0.4, -0.2) is 71.1 Å². The van der Waals surface area contributed by atoms with E-state index in [4.69, 9.17) is 38.6 Å². The van der Waals surface area contributed by atoms with Crippen molar-refractivity contribution in [3.8, 4) is 33.8 Å². The summed E-state index contributed by atoms with van der Waals surface area (Å²) in [6.45, 7) is 31.7. The van der Waals surface area contributed by atoms with Crippen LogP contribution < -0.4 is 33.8 Å². The number of rotatable bonds is 6. The summed E-state index contributed by atoms with van der Waals surface area (Å²) in [4.78, 5) is 19.8. The first-order chi connectivity index (χ1) is 36.4. The topological polar surface area (TPSA) is 101 Å². The largest absolute Gasteiger partial charge is 2.00 e. The van der Waals surface area contributed by atoms with Gasteiger partial charge in [-0.15, -0.1) is 34.2 Å². The second-order valence-corrected chi connectivity index (χ2v) is 20.7. The third-order valence-electron chi connectivity index (χ3n) is 14.0. The Balaban J connectivity index is 0.000000307. The number of aryl methyl sites for hydroxylation is 9.